The van der Waals surface area contributed by atoms with Crippen molar-refractivity contribution in [3.63, 3.8) is 0 Å². The SMILES string of the molecule is [CH2]C(C)(O)COCCC[Si](C)(O[Si](C)(C)C)O[Si](C)(C)C. The number of ether oxygens (including phenoxy) is 1. The molecule has 0 heterocycles. The molecule has 0 aliphatic carbocycles. The minimum Gasteiger partial charge on any atom is -0.437 e. The summed E-state index contributed by atoms with van der Waals surface area (Å²) in [5, 5.41) is 9.52. The van der Waals surface area contributed by atoms with Crippen LogP contribution in [0.15, 0.2) is 0 Å². The second-order valence-corrected chi connectivity index (χ2v) is 21.1. The Kier molecular flexibility index (Phi) is 8.03. The molecule has 0 aliphatic rings. The Bertz CT molecular complexity index is 287. The van der Waals surface area contributed by atoms with Gasteiger partial charge in [-0.1, -0.05) is 0 Å². The summed E-state index contributed by atoms with van der Waals surface area (Å²) >= 11 is 0. The van der Waals surface area contributed by atoms with Gasteiger partial charge in [-0.2, -0.15) is 0 Å². The van der Waals surface area contributed by atoms with Gasteiger partial charge in [0.05, 0.1) is 12.2 Å². The molecule has 1 unspecified atom stereocenters. The van der Waals surface area contributed by atoms with Crippen molar-refractivity contribution in [3.8, 4) is 0 Å². The third-order valence-electron chi connectivity index (χ3n) is 2.38. The van der Waals surface area contributed by atoms with Crippen LogP contribution in [0.25, 0.3) is 0 Å². The maximum atomic E-state index is 9.52. The van der Waals surface area contributed by atoms with Crippen LogP contribution in [0.5, 0.6) is 0 Å². The molecule has 127 valence electrons. The number of aliphatic hydroxyl groups is 1. The highest BCUT2D eigenvalue weighted by Gasteiger charge is 2.39. The van der Waals surface area contributed by atoms with E-state index < -0.39 is 30.8 Å². The molecule has 0 aromatic carbocycles. The smallest absolute Gasteiger partial charge is 0.314 e. The van der Waals surface area contributed by atoms with Gasteiger partial charge in [-0.15, -0.1) is 0 Å². The van der Waals surface area contributed by atoms with Crippen LogP contribution in [0.1, 0.15) is 13.3 Å². The van der Waals surface area contributed by atoms with Crippen molar-refractivity contribution >= 4 is 25.2 Å². The van der Waals surface area contributed by atoms with Crippen LogP contribution in [0.2, 0.25) is 51.9 Å². The van der Waals surface area contributed by atoms with Crippen LogP contribution in [-0.2, 0) is 13.0 Å². The first-order chi connectivity index (χ1) is 9.12. The summed E-state index contributed by atoms with van der Waals surface area (Å²) in [6.07, 6.45) is 0.897. The van der Waals surface area contributed by atoms with Crippen LogP contribution < -0.4 is 0 Å². The molecule has 4 nitrogen and oxygen atoms in total. The van der Waals surface area contributed by atoms with Gasteiger partial charge in [-0.3, -0.25) is 0 Å². The van der Waals surface area contributed by atoms with Gasteiger partial charge >= 0.3 is 8.56 Å². The lowest BCUT2D eigenvalue weighted by Crippen LogP contribution is -2.52. The van der Waals surface area contributed by atoms with Gasteiger partial charge in [0.15, 0.2) is 16.6 Å². The lowest BCUT2D eigenvalue weighted by molar-refractivity contribution is -0.00323. The Morgan fingerprint density at radius 1 is 0.952 bits per heavy atom. The molecule has 1 N–H and O–H groups in total. The third kappa shape index (κ3) is 13.9. The number of rotatable bonds is 10. The van der Waals surface area contributed by atoms with Crippen molar-refractivity contribution < 1.29 is 18.1 Å². The zero-order chi connectivity index (χ0) is 16.9. The normalized spacial score (nSPS) is 14.6. The van der Waals surface area contributed by atoms with Gasteiger partial charge in [-0.25, -0.2) is 0 Å². The standard InChI is InChI=1S/C14H35O4Si3/c1-14(2,15)13-16-11-10-12-21(9,17-19(3,4)5)18-20(6,7)8/h15H,1,10-13H2,2-9H3. The quantitative estimate of drug-likeness (QED) is 0.481. The topological polar surface area (TPSA) is 47.9 Å². The summed E-state index contributed by atoms with van der Waals surface area (Å²) < 4.78 is 18.3. The van der Waals surface area contributed by atoms with Gasteiger partial charge in [0, 0.05) is 6.61 Å². The highest BCUT2D eigenvalue weighted by molar-refractivity contribution is 6.87. The molecule has 0 saturated heterocycles. The fourth-order valence-corrected chi connectivity index (χ4v) is 14.7. The van der Waals surface area contributed by atoms with Gasteiger partial charge in [0.25, 0.3) is 0 Å². The molecule has 0 amide bonds. The highest BCUT2D eigenvalue weighted by Crippen LogP contribution is 2.25. The van der Waals surface area contributed by atoms with Crippen LogP contribution >= 0.6 is 0 Å². The Labute approximate surface area is 134 Å². The Balaban J connectivity index is 4.42. The predicted octanol–water partition coefficient (Wildman–Crippen LogP) is 3.75. The summed E-state index contributed by atoms with van der Waals surface area (Å²) in [6.45, 7) is 21.6. The number of hydrogen-bond acceptors (Lipinski definition) is 4. The Morgan fingerprint density at radius 3 is 1.71 bits per heavy atom. The van der Waals surface area contributed by atoms with Crippen LogP contribution in [0.3, 0.4) is 0 Å². The summed E-state index contributed by atoms with van der Waals surface area (Å²) in [7, 11) is -5.40. The first-order valence-electron chi connectivity index (χ1n) is 7.68. The first-order valence-corrected chi connectivity index (χ1v) is 17.0. The molecule has 0 aliphatic heterocycles. The van der Waals surface area contributed by atoms with E-state index >= 15 is 0 Å². The lowest BCUT2D eigenvalue weighted by atomic mass is 10.2. The minimum absolute atomic E-state index is 0.259. The van der Waals surface area contributed by atoms with Crippen LogP contribution in [0.4, 0.5) is 0 Å². The Hall–Kier alpha value is 0.491. The van der Waals surface area contributed by atoms with E-state index in [1.165, 1.54) is 0 Å². The van der Waals surface area contributed by atoms with E-state index in [-0.39, 0.29) is 6.61 Å². The summed E-state index contributed by atoms with van der Waals surface area (Å²) in [6, 6.07) is 0.931. The maximum absolute atomic E-state index is 9.52. The monoisotopic (exact) mass is 351 g/mol. The first kappa shape index (κ1) is 21.5. The predicted molar refractivity (Wildman–Crippen MR) is 96.7 cm³/mol. The minimum atomic E-state index is -2.15. The molecule has 0 aromatic rings. The van der Waals surface area contributed by atoms with E-state index in [0.717, 1.165) is 12.5 Å². The van der Waals surface area contributed by atoms with Crippen molar-refractivity contribution in [1.82, 2.24) is 0 Å². The van der Waals surface area contributed by atoms with Crippen molar-refractivity contribution in [2.45, 2.75) is 70.8 Å². The largest absolute Gasteiger partial charge is 0.437 e. The Morgan fingerprint density at radius 2 is 1.38 bits per heavy atom. The van der Waals surface area contributed by atoms with E-state index in [2.05, 4.69) is 52.8 Å². The average Bonchev–Trinajstić information content (AvgIpc) is 2.07. The second-order valence-electron chi connectivity index (χ2n) is 8.22. The maximum Gasteiger partial charge on any atom is 0.314 e. The molecule has 1 radical (unpaired) electrons. The van der Waals surface area contributed by atoms with Crippen LogP contribution in [-0.4, -0.2) is 49.1 Å². The molecule has 0 fully saturated rings. The van der Waals surface area contributed by atoms with Crippen molar-refractivity contribution in [1.29, 1.82) is 0 Å². The van der Waals surface area contributed by atoms with Crippen LogP contribution in [0, 0.1) is 6.92 Å². The molecule has 0 aromatic heterocycles. The fourth-order valence-electron chi connectivity index (χ4n) is 2.21. The molecule has 7 heteroatoms. The molecule has 0 rings (SSSR count). The van der Waals surface area contributed by atoms with Gasteiger partial charge < -0.3 is 18.1 Å². The molecular formula is C14H35O4Si3. The molecular weight excluding hydrogens is 316 g/mol. The van der Waals surface area contributed by atoms with Gasteiger partial charge in [0.2, 0.25) is 0 Å². The van der Waals surface area contributed by atoms with Gasteiger partial charge in [0.1, 0.15) is 0 Å². The lowest BCUT2D eigenvalue weighted by Gasteiger charge is -2.38. The summed E-state index contributed by atoms with van der Waals surface area (Å²) in [5.41, 5.74) is -1.01. The summed E-state index contributed by atoms with van der Waals surface area (Å²) in [4.78, 5) is 0. The fraction of sp³-hybridized carbons (Fsp3) is 0.929. The number of hydrogen-bond donors (Lipinski definition) is 1. The van der Waals surface area contributed by atoms with E-state index in [0.29, 0.717) is 6.61 Å². The van der Waals surface area contributed by atoms with E-state index in [9.17, 15) is 5.11 Å². The highest BCUT2D eigenvalue weighted by atomic mass is 28.5. The van der Waals surface area contributed by atoms with Crippen molar-refractivity contribution in [3.05, 3.63) is 6.92 Å². The molecule has 1 atom stereocenters. The molecule has 0 saturated carbocycles. The molecule has 0 spiro atoms. The second kappa shape index (κ2) is 7.85. The zero-order valence-electron chi connectivity index (χ0n) is 15.2. The van der Waals surface area contributed by atoms with Crippen molar-refractivity contribution in [2.75, 3.05) is 13.2 Å². The van der Waals surface area contributed by atoms with E-state index in [1.54, 1.807) is 6.92 Å². The zero-order valence-corrected chi connectivity index (χ0v) is 18.2. The van der Waals surface area contributed by atoms with Crippen molar-refractivity contribution in [2.24, 2.45) is 0 Å². The third-order valence-corrected chi connectivity index (χ3v) is 12.0. The summed E-state index contributed by atoms with van der Waals surface area (Å²) in [5.74, 6) is 0. The van der Waals surface area contributed by atoms with E-state index in [1.807, 2.05) is 0 Å². The van der Waals surface area contributed by atoms with E-state index in [4.69, 9.17) is 13.0 Å². The van der Waals surface area contributed by atoms with Gasteiger partial charge in [-0.05, 0) is 72.1 Å². The average molecular weight is 352 g/mol. The molecule has 0 bridgehead atoms. The molecule has 21 heavy (non-hydrogen) atoms.